The van der Waals surface area contributed by atoms with E-state index in [1.807, 2.05) is 0 Å². The maximum Gasteiger partial charge on any atom is 0.511 e. The van der Waals surface area contributed by atoms with Crippen molar-refractivity contribution in [2.75, 3.05) is 13.2 Å². The van der Waals surface area contributed by atoms with E-state index >= 15 is 0 Å². The van der Waals surface area contributed by atoms with E-state index in [2.05, 4.69) is 27.7 Å². The van der Waals surface area contributed by atoms with Crippen molar-refractivity contribution in [3.63, 3.8) is 0 Å². The van der Waals surface area contributed by atoms with Crippen molar-refractivity contribution in [1.82, 2.24) is 0 Å². The summed E-state index contributed by atoms with van der Waals surface area (Å²) in [5.41, 5.74) is 1.76. The Morgan fingerprint density at radius 2 is 0.766 bits per heavy atom. The topological polar surface area (TPSA) is 85.2 Å². The van der Waals surface area contributed by atoms with Gasteiger partial charge in [-0.3, -0.25) is 0 Å². The van der Waals surface area contributed by atoms with Gasteiger partial charge in [-0.25, -0.2) is 4.79 Å². The van der Waals surface area contributed by atoms with Crippen LogP contribution in [0.3, 0.4) is 0 Å². The average Bonchev–Trinajstić information content (AvgIpc) is 3.06. The van der Waals surface area contributed by atoms with Crippen molar-refractivity contribution in [3.05, 3.63) is 11.1 Å². The molecular weight excluding hydrogens is 588 g/mol. The summed E-state index contributed by atoms with van der Waals surface area (Å²) in [5.74, 6) is 0.703. The fourth-order valence-electron chi connectivity index (χ4n) is 6.41. The standard InChI is InChI=1S/C41H74O6/c1-5-9-13-17-21-25-29-33-45-39-36(32-28-24-20-16-12-8-4)35(31-27-23-19-15-11-7-3)38(47-41(43)44)37(42)40(39)46-34-30-26-22-18-14-10-6-2/h42H,5-34H2,1-4H3,(H,43,44). The first kappa shape index (κ1) is 42.9. The number of aromatic hydroxyl groups is 1. The fraction of sp³-hybridized carbons (Fsp3) is 0.829. The Balaban J connectivity index is 3.31. The van der Waals surface area contributed by atoms with Crippen LogP contribution in [-0.2, 0) is 12.8 Å². The van der Waals surface area contributed by atoms with Gasteiger partial charge in [-0.1, -0.05) is 169 Å². The number of hydrogen-bond acceptors (Lipinski definition) is 5. The summed E-state index contributed by atoms with van der Waals surface area (Å²) in [6, 6.07) is 0. The number of benzene rings is 1. The van der Waals surface area contributed by atoms with Gasteiger partial charge in [0.05, 0.1) is 13.2 Å². The Morgan fingerprint density at radius 1 is 0.447 bits per heavy atom. The quantitative estimate of drug-likeness (QED) is 0.0442. The zero-order valence-electron chi connectivity index (χ0n) is 31.2. The lowest BCUT2D eigenvalue weighted by molar-refractivity contribution is 0.141. The first-order valence-electron chi connectivity index (χ1n) is 20.1. The SMILES string of the molecule is CCCCCCCCCOc1c(O)c(OC(=O)O)c(CCCCCCCC)c(CCCCCCCC)c1OCCCCCCCCC. The van der Waals surface area contributed by atoms with Crippen molar-refractivity contribution >= 4 is 6.16 Å². The second-order valence-electron chi connectivity index (χ2n) is 13.6. The maximum absolute atomic E-state index is 11.9. The summed E-state index contributed by atoms with van der Waals surface area (Å²) in [4.78, 5) is 11.9. The van der Waals surface area contributed by atoms with Crippen LogP contribution in [0, 0.1) is 0 Å². The molecule has 0 aliphatic heterocycles. The lowest BCUT2D eigenvalue weighted by Gasteiger charge is -2.23. The summed E-state index contributed by atoms with van der Waals surface area (Å²) >= 11 is 0. The van der Waals surface area contributed by atoms with Crippen LogP contribution < -0.4 is 14.2 Å². The Labute approximate surface area is 289 Å². The molecule has 1 aromatic rings. The number of carbonyl (C=O) groups is 1. The highest BCUT2D eigenvalue weighted by atomic mass is 16.7. The van der Waals surface area contributed by atoms with E-state index in [-0.39, 0.29) is 17.2 Å². The Hall–Kier alpha value is -2.11. The van der Waals surface area contributed by atoms with Gasteiger partial charge in [0.1, 0.15) is 0 Å². The lowest BCUT2D eigenvalue weighted by Crippen LogP contribution is -2.12. The van der Waals surface area contributed by atoms with Gasteiger partial charge in [0.25, 0.3) is 0 Å². The molecule has 6 heteroatoms. The van der Waals surface area contributed by atoms with Crippen LogP contribution in [-0.4, -0.2) is 29.6 Å². The van der Waals surface area contributed by atoms with Crippen LogP contribution in [0.4, 0.5) is 4.79 Å². The molecule has 1 rings (SSSR count). The van der Waals surface area contributed by atoms with E-state index < -0.39 is 6.16 Å². The highest BCUT2D eigenvalue weighted by molar-refractivity contribution is 5.71. The zero-order valence-corrected chi connectivity index (χ0v) is 31.2. The fourth-order valence-corrected chi connectivity index (χ4v) is 6.41. The number of phenolic OH excluding ortho intramolecular Hbond substituents is 1. The Morgan fingerprint density at radius 3 is 1.15 bits per heavy atom. The molecule has 0 amide bonds. The normalized spacial score (nSPS) is 11.2. The Kier molecular flexibility index (Phi) is 27.4. The maximum atomic E-state index is 11.9. The molecule has 0 atom stereocenters. The van der Waals surface area contributed by atoms with Gasteiger partial charge in [-0.15, -0.1) is 0 Å². The minimum Gasteiger partial charge on any atom is -0.502 e. The van der Waals surface area contributed by atoms with Crippen molar-refractivity contribution in [3.8, 4) is 23.0 Å². The van der Waals surface area contributed by atoms with Crippen LogP contribution in [0.2, 0.25) is 0 Å². The Bertz CT molecular complexity index is 899. The van der Waals surface area contributed by atoms with Crippen molar-refractivity contribution in [2.45, 2.75) is 207 Å². The van der Waals surface area contributed by atoms with Gasteiger partial charge >= 0.3 is 6.16 Å². The van der Waals surface area contributed by atoms with Crippen LogP contribution in [0.25, 0.3) is 0 Å². The lowest BCUT2D eigenvalue weighted by atomic mass is 9.93. The molecule has 0 saturated heterocycles. The monoisotopic (exact) mass is 663 g/mol. The van der Waals surface area contributed by atoms with Crippen LogP contribution >= 0.6 is 0 Å². The minimum absolute atomic E-state index is 0.0462. The molecule has 0 saturated carbocycles. The minimum atomic E-state index is -1.41. The van der Waals surface area contributed by atoms with Gasteiger partial charge in [-0.2, -0.15) is 0 Å². The average molecular weight is 663 g/mol. The second-order valence-corrected chi connectivity index (χ2v) is 13.6. The van der Waals surface area contributed by atoms with Gasteiger partial charge in [0.2, 0.25) is 11.5 Å². The molecule has 0 radical (unpaired) electrons. The van der Waals surface area contributed by atoms with E-state index in [0.717, 1.165) is 75.3 Å². The highest BCUT2D eigenvalue weighted by Crippen LogP contribution is 2.50. The molecule has 0 aromatic heterocycles. The van der Waals surface area contributed by atoms with Crippen molar-refractivity contribution in [2.24, 2.45) is 0 Å². The summed E-state index contributed by atoms with van der Waals surface area (Å²) in [5, 5.41) is 21.3. The van der Waals surface area contributed by atoms with Crippen LogP contribution in [0.15, 0.2) is 0 Å². The highest BCUT2D eigenvalue weighted by Gasteiger charge is 2.28. The third-order valence-electron chi connectivity index (χ3n) is 9.29. The molecule has 0 spiro atoms. The van der Waals surface area contributed by atoms with E-state index in [1.54, 1.807) is 0 Å². The molecule has 1 aromatic carbocycles. The predicted octanol–water partition coefficient (Wildman–Crippen LogP) is 13.5. The van der Waals surface area contributed by atoms with Crippen LogP contribution in [0.1, 0.15) is 206 Å². The molecule has 0 aliphatic rings. The summed E-state index contributed by atoms with van der Waals surface area (Å²) in [6.07, 6.45) is 30.3. The van der Waals surface area contributed by atoms with E-state index in [9.17, 15) is 15.0 Å². The first-order valence-corrected chi connectivity index (χ1v) is 20.1. The summed E-state index contributed by atoms with van der Waals surface area (Å²) in [6.45, 7) is 9.94. The van der Waals surface area contributed by atoms with Crippen LogP contribution in [0.5, 0.6) is 23.0 Å². The smallest absolute Gasteiger partial charge is 0.502 e. The molecule has 0 unspecified atom stereocenters. The number of unbranched alkanes of at least 4 members (excludes halogenated alkanes) is 22. The molecule has 0 heterocycles. The third kappa shape index (κ3) is 20.1. The van der Waals surface area contributed by atoms with E-state index in [1.165, 1.54) is 109 Å². The molecule has 2 N–H and O–H groups in total. The molecular formula is C41H74O6. The zero-order chi connectivity index (χ0) is 34.4. The van der Waals surface area contributed by atoms with Gasteiger partial charge < -0.3 is 24.4 Å². The van der Waals surface area contributed by atoms with E-state index in [4.69, 9.17) is 14.2 Å². The summed E-state index contributed by atoms with van der Waals surface area (Å²) in [7, 11) is 0. The van der Waals surface area contributed by atoms with Gasteiger partial charge in [0.15, 0.2) is 11.5 Å². The predicted molar refractivity (Wildman–Crippen MR) is 198 cm³/mol. The number of phenols is 1. The largest absolute Gasteiger partial charge is 0.511 e. The number of hydrogen-bond donors (Lipinski definition) is 2. The van der Waals surface area contributed by atoms with Gasteiger partial charge in [-0.05, 0) is 38.5 Å². The molecule has 6 nitrogen and oxygen atoms in total. The van der Waals surface area contributed by atoms with Gasteiger partial charge in [0, 0.05) is 11.1 Å². The van der Waals surface area contributed by atoms with Crippen molar-refractivity contribution < 1.29 is 29.2 Å². The molecule has 274 valence electrons. The molecule has 47 heavy (non-hydrogen) atoms. The number of carboxylic acid groups (broad SMARTS) is 1. The number of ether oxygens (including phenoxy) is 3. The molecule has 0 bridgehead atoms. The first-order chi connectivity index (χ1) is 23.0. The second kappa shape index (κ2) is 30.0. The third-order valence-corrected chi connectivity index (χ3v) is 9.29. The number of rotatable bonds is 33. The van der Waals surface area contributed by atoms with Crippen molar-refractivity contribution in [1.29, 1.82) is 0 Å². The summed E-state index contributed by atoms with van der Waals surface area (Å²) < 4.78 is 18.3. The molecule has 0 aliphatic carbocycles. The van der Waals surface area contributed by atoms with E-state index in [0.29, 0.717) is 25.4 Å². The molecule has 0 fully saturated rings.